The molecular formula is C30H30O8. The van der Waals surface area contributed by atoms with Gasteiger partial charge in [0.25, 0.3) is 0 Å². The number of fused-ring (bicyclic) bond motifs is 5. The molecule has 0 bridgehead atoms. The van der Waals surface area contributed by atoms with Crippen LogP contribution in [-0.4, -0.2) is 32.1 Å². The lowest BCUT2D eigenvalue weighted by Gasteiger charge is -2.31. The van der Waals surface area contributed by atoms with Gasteiger partial charge in [-0.15, -0.1) is 0 Å². The zero-order valence-corrected chi connectivity index (χ0v) is 21.9. The van der Waals surface area contributed by atoms with Crippen LogP contribution in [-0.2, 0) is 6.42 Å². The zero-order chi connectivity index (χ0) is 27.7. The first-order valence-electron chi connectivity index (χ1n) is 12.3. The van der Waals surface area contributed by atoms with Crippen LogP contribution < -0.4 is 14.9 Å². The molecule has 3 aromatic rings. The SMILES string of the molecule is C=C(C)C(O)Cc1c2c(c(O)c3c(=O)c4c(oc13)-c1cc(O)c(O)cc1OC4C=C(C)C)C=CC(C)(C)O2. The third-order valence-corrected chi connectivity index (χ3v) is 6.76. The Morgan fingerprint density at radius 2 is 1.84 bits per heavy atom. The van der Waals surface area contributed by atoms with Crippen molar-refractivity contribution in [3.05, 3.63) is 68.9 Å². The molecule has 0 saturated heterocycles. The molecule has 0 amide bonds. The van der Waals surface area contributed by atoms with Crippen molar-refractivity contribution in [1.29, 1.82) is 0 Å². The molecule has 2 aliphatic rings. The number of allylic oxidation sites excluding steroid dienone is 1. The second-order valence-corrected chi connectivity index (χ2v) is 10.7. The summed E-state index contributed by atoms with van der Waals surface area (Å²) >= 11 is 0. The molecule has 2 unspecified atom stereocenters. The van der Waals surface area contributed by atoms with Crippen molar-refractivity contribution in [2.45, 2.75) is 58.8 Å². The molecule has 2 atom stereocenters. The van der Waals surface area contributed by atoms with Crippen LogP contribution in [0.5, 0.6) is 28.7 Å². The van der Waals surface area contributed by atoms with Gasteiger partial charge in [-0.2, -0.15) is 0 Å². The molecule has 0 radical (unpaired) electrons. The Hall–Kier alpha value is -4.17. The van der Waals surface area contributed by atoms with Gasteiger partial charge in [-0.25, -0.2) is 0 Å². The molecule has 3 heterocycles. The zero-order valence-electron chi connectivity index (χ0n) is 21.9. The molecule has 198 valence electrons. The van der Waals surface area contributed by atoms with Crippen LogP contribution in [0.3, 0.4) is 0 Å². The van der Waals surface area contributed by atoms with E-state index in [0.29, 0.717) is 22.4 Å². The highest BCUT2D eigenvalue weighted by atomic mass is 16.5. The molecule has 2 aromatic carbocycles. The molecule has 5 rings (SSSR count). The van der Waals surface area contributed by atoms with Crippen molar-refractivity contribution in [2.75, 3.05) is 0 Å². The van der Waals surface area contributed by atoms with Crippen LogP contribution in [0.25, 0.3) is 28.4 Å². The van der Waals surface area contributed by atoms with Gasteiger partial charge in [0, 0.05) is 18.1 Å². The summed E-state index contributed by atoms with van der Waals surface area (Å²) in [5, 5.41) is 42.4. The van der Waals surface area contributed by atoms with E-state index in [1.807, 2.05) is 27.7 Å². The summed E-state index contributed by atoms with van der Waals surface area (Å²) in [6, 6.07) is 2.52. The van der Waals surface area contributed by atoms with E-state index >= 15 is 0 Å². The first kappa shape index (κ1) is 25.5. The number of aliphatic hydroxyl groups excluding tert-OH is 1. The molecule has 1 aromatic heterocycles. The normalized spacial score (nSPS) is 17.5. The number of phenols is 3. The summed E-state index contributed by atoms with van der Waals surface area (Å²) in [5.74, 6) is -0.468. The van der Waals surface area contributed by atoms with Crippen LogP contribution in [0.15, 0.2) is 51.2 Å². The maximum Gasteiger partial charge on any atom is 0.204 e. The van der Waals surface area contributed by atoms with Crippen molar-refractivity contribution < 1.29 is 34.3 Å². The Labute approximate surface area is 219 Å². The van der Waals surface area contributed by atoms with Crippen molar-refractivity contribution in [2.24, 2.45) is 0 Å². The highest BCUT2D eigenvalue weighted by Gasteiger charge is 2.36. The summed E-state index contributed by atoms with van der Waals surface area (Å²) in [4.78, 5) is 14.1. The molecule has 8 nitrogen and oxygen atoms in total. The molecule has 0 aliphatic carbocycles. The van der Waals surface area contributed by atoms with E-state index in [-0.39, 0.29) is 51.5 Å². The molecule has 4 N–H and O–H groups in total. The third-order valence-electron chi connectivity index (χ3n) is 6.76. The highest BCUT2D eigenvalue weighted by Crippen LogP contribution is 2.50. The molecule has 0 fully saturated rings. The highest BCUT2D eigenvalue weighted by molar-refractivity contribution is 5.96. The van der Waals surface area contributed by atoms with Gasteiger partial charge in [-0.1, -0.05) is 17.7 Å². The number of benzene rings is 2. The van der Waals surface area contributed by atoms with Crippen LogP contribution in [0.2, 0.25) is 0 Å². The van der Waals surface area contributed by atoms with Crippen LogP contribution in [0.1, 0.15) is 57.4 Å². The number of aliphatic hydroxyl groups is 1. The first-order valence-corrected chi connectivity index (χ1v) is 12.3. The molecule has 2 aliphatic heterocycles. The monoisotopic (exact) mass is 518 g/mol. The van der Waals surface area contributed by atoms with Crippen molar-refractivity contribution in [1.82, 2.24) is 0 Å². The second kappa shape index (κ2) is 8.70. The van der Waals surface area contributed by atoms with Gasteiger partial charge in [-0.05, 0) is 58.9 Å². The number of rotatable bonds is 4. The Bertz CT molecular complexity index is 1630. The Kier molecular flexibility index (Phi) is 5.83. The number of phenolic OH excluding ortho intramolecular Hbond substituents is 3. The van der Waals surface area contributed by atoms with Crippen molar-refractivity contribution >= 4 is 17.0 Å². The van der Waals surface area contributed by atoms with E-state index < -0.39 is 29.0 Å². The minimum absolute atomic E-state index is 0.0156. The van der Waals surface area contributed by atoms with E-state index in [0.717, 1.165) is 5.57 Å². The summed E-state index contributed by atoms with van der Waals surface area (Å²) in [7, 11) is 0. The minimum Gasteiger partial charge on any atom is -0.506 e. The van der Waals surface area contributed by atoms with E-state index in [4.69, 9.17) is 13.9 Å². The van der Waals surface area contributed by atoms with E-state index in [9.17, 15) is 25.2 Å². The molecule has 38 heavy (non-hydrogen) atoms. The third kappa shape index (κ3) is 4.01. The average Bonchev–Trinajstić information content (AvgIpc) is 2.81. The summed E-state index contributed by atoms with van der Waals surface area (Å²) in [6.45, 7) is 12.9. The quantitative estimate of drug-likeness (QED) is 0.258. The van der Waals surface area contributed by atoms with Gasteiger partial charge in [0.1, 0.15) is 45.7 Å². The predicted molar refractivity (Wildman–Crippen MR) is 144 cm³/mol. The minimum atomic E-state index is -0.971. The smallest absolute Gasteiger partial charge is 0.204 e. The topological polar surface area (TPSA) is 130 Å². The molecule has 8 heteroatoms. The second-order valence-electron chi connectivity index (χ2n) is 10.7. The first-order chi connectivity index (χ1) is 17.8. The van der Waals surface area contributed by atoms with Gasteiger partial charge in [0.2, 0.25) is 5.43 Å². The number of ether oxygens (including phenoxy) is 2. The molecule has 0 saturated carbocycles. The average molecular weight is 519 g/mol. The fraction of sp³-hybridized carbons (Fsp3) is 0.300. The predicted octanol–water partition coefficient (Wildman–Crippen LogP) is 5.64. The fourth-order valence-electron chi connectivity index (χ4n) is 4.80. The Balaban J connectivity index is 1.94. The van der Waals surface area contributed by atoms with Gasteiger partial charge < -0.3 is 34.3 Å². The lowest BCUT2D eigenvalue weighted by molar-refractivity contribution is 0.153. The number of hydrogen-bond acceptors (Lipinski definition) is 8. The van der Waals surface area contributed by atoms with E-state index in [2.05, 4.69) is 6.58 Å². The Morgan fingerprint density at radius 1 is 1.16 bits per heavy atom. The van der Waals surface area contributed by atoms with Gasteiger partial charge >= 0.3 is 0 Å². The van der Waals surface area contributed by atoms with Crippen LogP contribution in [0.4, 0.5) is 0 Å². The maximum absolute atomic E-state index is 14.1. The summed E-state index contributed by atoms with van der Waals surface area (Å²) < 4.78 is 18.7. The van der Waals surface area contributed by atoms with Gasteiger partial charge in [-0.3, -0.25) is 4.79 Å². The standard InChI is InChI=1S/C30H30O8/c1-13(2)9-22-23-26(35)24-25(34)15-7-8-30(5,6)38-27(15)17(11-18(31)14(3)4)29(24)37-28(23)16-10-19(32)20(33)12-21(16)36-22/h7-10,12,18,22,31-34H,3,11H2,1-2,4-6H3. The number of hydrogen-bond donors (Lipinski definition) is 4. The maximum atomic E-state index is 14.1. The van der Waals surface area contributed by atoms with Gasteiger partial charge in [0.15, 0.2) is 11.5 Å². The summed E-state index contributed by atoms with van der Waals surface area (Å²) in [6.07, 6.45) is 3.38. The van der Waals surface area contributed by atoms with Crippen molar-refractivity contribution in [3.63, 3.8) is 0 Å². The van der Waals surface area contributed by atoms with E-state index in [1.54, 1.807) is 25.2 Å². The van der Waals surface area contributed by atoms with Crippen LogP contribution in [0, 0.1) is 0 Å². The van der Waals surface area contributed by atoms with Crippen molar-refractivity contribution in [3.8, 4) is 40.1 Å². The lowest BCUT2D eigenvalue weighted by atomic mass is 9.90. The van der Waals surface area contributed by atoms with Crippen LogP contribution >= 0.6 is 0 Å². The largest absolute Gasteiger partial charge is 0.506 e. The molecular weight excluding hydrogens is 488 g/mol. The summed E-state index contributed by atoms with van der Waals surface area (Å²) in [5.41, 5.74) is 1.29. The molecule has 0 spiro atoms. The lowest BCUT2D eigenvalue weighted by Crippen LogP contribution is -2.29. The van der Waals surface area contributed by atoms with E-state index in [1.165, 1.54) is 12.1 Å². The number of aromatic hydroxyl groups is 3. The van der Waals surface area contributed by atoms with Gasteiger partial charge in [0.05, 0.1) is 22.8 Å². The fourth-order valence-corrected chi connectivity index (χ4v) is 4.80. The Morgan fingerprint density at radius 3 is 2.50 bits per heavy atom.